The van der Waals surface area contributed by atoms with Crippen LogP contribution in [0.5, 0.6) is 0 Å². The first-order chi connectivity index (χ1) is 5.48. The zero-order valence-electron chi connectivity index (χ0n) is 8.48. The Morgan fingerprint density at radius 3 is 2.08 bits per heavy atom. The predicted molar refractivity (Wildman–Crippen MR) is 49.8 cm³/mol. The number of rotatable bonds is 3. The van der Waals surface area contributed by atoms with E-state index < -0.39 is 0 Å². The normalized spacial score (nSPS) is 22.1. The molecule has 0 radical (unpaired) electrons. The minimum atomic E-state index is 0.111. The van der Waals surface area contributed by atoms with Gasteiger partial charge in [-0.05, 0) is 24.7 Å². The van der Waals surface area contributed by atoms with Gasteiger partial charge in [-0.15, -0.1) is 0 Å². The van der Waals surface area contributed by atoms with Crippen LogP contribution in [0.2, 0.25) is 0 Å². The summed E-state index contributed by atoms with van der Waals surface area (Å²) in [5.74, 6) is 1.36. The molecule has 12 heavy (non-hydrogen) atoms. The molecule has 1 aliphatic rings. The third-order valence-electron chi connectivity index (χ3n) is 3.09. The van der Waals surface area contributed by atoms with Crippen LogP contribution in [-0.4, -0.2) is 11.4 Å². The van der Waals surface area contributed by atoms with Crippen molar-refractivity contribution in [3.05, 3.63) is 0 Å². The van der Waals surface area contributed by atoms with Gasteiger partial charge in [0.15, 0.2) is 0 Å². The summed E-state index contributed by atoms with van der Waals surface area (Å²) in [5.41, 5.74) is 0.153. The molecule has 1 N–H and O–H groups in total. The fourth-order valence-electron chi connectivity index (χ4n) is 1.82. The van der Waals surface area contributed by atoms with E-state index in [1.807, 2.05) is 0 Å². The predicted octanol–water partition coefficient (Wildman–Crippen LogP) is 1.95. The average Bonchev–Trinajstić information content (AvgIpc) is 2.66. The van der Waals surface area contributed by atoms with Gasteiger partial charge in [-0.3, -0.25) is 4.79 Å². The second kappa shape index (κ2) is 3.08. The topological polar surface area (TPSA) is 29.1 Å². The molecule has 1 unspecified atom stereocenters. The third kappa shape index (κ3) is 1.79. The van der Waals surface area contributed by atoms with Gasteiger partial charge in [0.05, 0.1) is 0 Å². The third-order valence-corrected chi connectivity index (χ3v) is 3.09. The second-order valence-corrected chi connectivity index (χ2v) is 4.37. The van der Waals surface area contributed by atoms with Gasteiger partial charge < -0.3 is 5.32 Å². The van der Waals surface area contributed by atoms with Gasteiger partial charge in [0.2, 0.25) is 5.91 Å². The van der Waals surface area contributed by atoms with Gasteiger partial charge in [-0.25, -0.2) is 0 Å². The second-order valence-electron chi connectivity index (χ2n) is 4.37. The van der Waals surface area contributed by atoms with Crippen LogP contribution in [0.25, 0.3) is 0 Å². The quantitative estimate of drug-likeness (QED) is 0.687. The van der Waals surface area contributed by atoms with Crippen LogP contribution in [0.3, 0.4) is 0 Å². The monoisotopic (exact) mass is 169 g/mol. The number of carbonyl (C=O) groups is 1. The van der Waals surface area contributed by atoms with Crippen LogP contribution in [0.4, 0.5) is 0 Å². The van der Waals surface area contributed by atoms with Crippen molar-refractivity contribution < 1.29 is 4.79 Å². The van der Waals surface area contributed by atoms with E-state index in [0.717, 1.165) is 12.8 Å². The SMILES string of the molecule is CC(=O)NC1(C(C)C(C)C)CC1. The van der Waals surface area contributed by atoms with Crippen molar-refractivity contribution in [1.82, 2.24) is 5.32 Å². The van der Waals surface area contributed by atoms with Crippen molar-refractivity contribution in [3.63, 3.8) is 0 Å². The highest BCUT2D eigenvalue weighted by Crippen LogP contribution is 2.45. The van der Waals surface area contributed by atoms with Crippen LogP contribution >= 0.6 is 0 Å². The molecule has 1 saturated carbocycles. The number of nitrogens with one attached hydrogen (secondary N) is 1. The molecular weight excluding hydrogens is 150 g/mol. The zero-order chi connectivity index (χ0) is 9.35. The van der Waals surface area contributed by atoms with Crippen LogP contribution < -0.4 is 5.32 Å². The van der Waals surface area contributed by atoms with Crippen molar-refractivity contribution >= 4 is 5.91 Å². The summed E-state index contributed by atoms with van der Waals surface area (Å²) in [6, 6.07) is 0. The number of amides is 1. The van der Waals surface area contributed by atoms with Gasteiger partial charge >= 0.3 is 0 Å². The molecule has 1 fully saturated rings. The highest BCUT2D eigenvalue weighted by Gasteiger charge is 2.48. The van der Waals surface area contributed by atoms with Gasteiger partial charge in [0.1, 0.15) is 0 Å². The van der Waals surface area contributed by atoms with E-state index in [-0.39, 0.29) is 11.4 Å². The molecular formula is C10H19NO. The lowest BCUT2D eigenvalue weighted by Crippen LogP contribution is -2.42. The van der Waals surface area contributed by atoms with Crippen LogP contribution in [0.15, 0.2) is 0 Å². The van der Waals surface area contributed by atoms with E-state index in [4.69, 9.17) is 0 Å². The molecule has 70 valence electrons. The minimum Gasteiger partial charge on any atom is -0.351 e. The Morgan fingerprint density at radius 1 is 1.33 bits per heavy atom. The lowest BCUT2D eigenvalue weighted by atomic mass is 9.88. The fraction of sp³-hybridized carbons (Fsp3) is 0.900. The molecule has 0 bridgehead atoms. The van der Waals surface area contributed by atoms with Gasteiger partial charge in [0, 0.05) is 12.5 Å². The molecule has 1 aliphatic carbocycles. The molecule has 2 nitrogen and oxygen atoms in total. The Morgan fingerprint density at radius 2 is 1.83 bits per heavy atom. The average molecular weight is 169 g/mol. The lowest BCUT2D eigenvalue weighted by molar-refractivity contribution is -0.120. The summed E-state index contributed by atoms with van der Waals surface area (Å²) in [6.45, 7) is 8.26. The maximum atomic E-state index is 10.9. The van der Waals surface area contributed by atoms with E-state index in [0.29, 0.717) is 11.8 Å². The van der Waals surface area contributed by atoms with E-state index >= 15 is 0 Å². The maximum absolute atomic E-state index is 10.9. The molecule has 1 amide bonds. The highest BCUT2D eigenvalue weighted by molar-refractivity contribution is 5.74. The summed E-state index contributed by atoms with van der Waals surface area (Å²) < 4.78 is 0. The molecule has 0 spiro atoms. The smallest absolute Gasteiger partial charge is 0.217 e. The van der Waals surface area contributed by atoms with Crippen LogP contribution in [-0.2, 0) is 4.79 Å². The standard InChI is InChI=1S/C10H19NO/c1-7(2)8(3)10(5-6-10)11-9(4)12/h7-8H,5-6H2,1-4H3,(H,11,12). The van der Waals surface area contributed by atoms with E-state index in [1.165, 1.54) is 0 Å². The van der Waals surface area contributed by atoms with Gasteiger partial charge in [-0.2, -0.15) is 0 Å². The van der Waals surface area contributed by atoms with Crippen LogP contribution in [0, 0.1) is 11.8 Å². The van der Waals surface area contributed by atoms with Gasteiger partial charge in [0.25, 0.3) is 0 Å². The van der Waals surface area contributed by atoms with Crippen molar-refractivity contribution in [2.24, 2.45) is 11.8 Å². The first-order valence-corrected chi connectivity index (χ1v) is 4.77. The first-order valence-electron chi connectivity index (χ1n) is 4.77. The Bertz CT molecular complexity index is 182. The first kappa shape index (κ1) is 9.56. The van der Waals surface area contributed by atoms with E-state index in [1.54, 1.807) is 6.92 Å². The van der Waals surface area contributed by atoms with E-state index in [9.17, 15) is 4.79 Å². The van der Waals surface area contributed by atoms with Crippen molar-refractivity contribution in [3.8, 4) is 0 Å². The lowest BCUT2D eigenvalue weighted by Gasteiger charge is -2.27. The Balaban J connectivity index is 2.54. The molecule has 1 rings (SSSR count). The maximum Gasteiger partial charge on any atom is 0.217 e. The number of carbonyl (C=O) groups excluding carboxylic acids is 1. The largest absolute Gasteiger partial charge is 0.351 e. The van der Waals surface area contributed by atoms with Crippen molar-refractivity contribution in [2.75, 3.05) is 0 Å². The summed E-state index contributed by atoms with van der Waals surface area (Å²) >= 11 is 0. The Labute approximate surface area is 74.7 Å². The molecule has 1 atom stereocenters. The molecule has 0 aromatic carbocycles. The van der Waals surface area contributed by atoms with Crippen LogP contribution in [0.1, 0.15) is 40.5 Å². The molecule has 0 aromatic rings. The summed E-state index contributed by atoms with van der Waals surface area (Å²) in [4.78, 5) is 10.9. The minimum absolute atomic E-state index is 0.111. The molecule has 0 aromatic heterocycles. The number of hydrogen-bond donors (Lipinski definition) is 1. The molecule has 0 aliphatic heterocycles. The molecule has 0 saturated heterocycles. The van der Waals surface area contributed by atoms with Crippen molar-refractivity contribution in [2.45, 2.75) is 46.1 Å². The zero-order valence-corrected chi connectivity index (χ0v) is 8.48. The summed E-state index contributed by atoms with van der Waals surface area (Å²) in [6.07, 6.45) is 2.32. The fourth-order valence-corrected chi connectivity index (χ4v) is 1.82. The molecule has 0 heterocycles. The summed E-state index contributed by atoms with van der Waals surface area (Å²) in [5, 5.41) is 3.07. The summed E-state index contributed by atoms with van der Waals surface area (Å²) in [7, 11) is 0. The number of hydrogen-bond acceptors (Lipinski definition) is 1. The highest BCUT2D eigenvalue weighted by atomic mass is 16.1. The van der Waals surface area contributed by atoms with Gasteiger partial charge in [-0.1, -0.05) is 20.8 Å². The Kier molecular flexibility index (Phi) is 2.45. The van der Waals surface area contributed by atoms with Crippen molar-refractivity contribution in [1.29, 1.82) is 0 Å². The van der Waals surface area contributed by atoms with E-state index in [2.05, 4.69) is 26.1 Å². The Hall–Kier alpha value is -0.530. The molecule has 2 heteroatoms.